The van der Waals surface area contributed by atoms with Crippen LogP contribution in [0, 0.1) is 0 Å². The topological polar surface area (TPSA) is 28.7 Å². The third-order valence-electron chi connectivity index (χ3n) is 0.372. The molecule has 0 spiro atoms. The molecule has 0 aliphatic rings. The number of rotatable bonds is 0. The standard InChI is InChI=1S/C3H4N2/c1-2-5-3-4-1/h1-3H,(H,4,5)/i/hD. The second-order valence-corrected chi connectivity index (χ2v) is 0.712. The highest BCUT2D eigenvalue weighted by Crippen LogP contribution is 1.62. The number of hydrogen-bond acceptors (Lipinski definition) is 1. The molecule has 1 aromatic heterocycles. The zero-order valence-electron chi connectivity index (χ0n) is 3.63. The maximum absolute atomic E-state index is 6.73. The molecule has 0 aliphatic heterocycles. The van der Waals surface area contributed by atoms with Crippen molar-refractivity contribution in [2.75, 3.05) is 0 Å². The molecule has 2 heteroatoms. The van der Waals surface area contributed by atoms with E-state index in [0.29, 0.717) is 0 Å². The van der Waals surface area contributed by atoms with Crippen LogP contribution in [0.25, 0.3) is 0 Å². The molecule has 0 amide bonds. The lowest BCUT2D eigenvalue weighted by Gasteiger charge is -1.46. The number of imidazole rings is 1. The van der Waals surface area contributed by atoms with E-state index in [1.54, 1.807) is 12.4 Å². The van der Waals surface area contributed by atoms with E-state index < -0.39 is 0 Å². The van der Waals surface area contributed by atoms with Crippen LogP contribution >= 0.6 is 0 Å². The van der Waals surface area contributed by atoms with Gasteiger partial charge in [0.1, 0.15) is 0 Å². The SMILES string of the molecule is [2H]n1ccnc1. The highest BCUT2D eigenvalue weighted by molar-refractivity contribution is 4.64. The van der Waals surface area contributed by atoms with Gasteiger partial charge in [-0.1, -0.05) is 0 Å². The first kappa shape index (κ1) is 1.60. The van der Waals surface area contributed by atoms with Crippen LogP contribution in [0.15, 0.2) is 18.7 Å². The first-order valence-corrected chi connectivity index (χ1v) is 1.37. The second-order valence-electron chi connectivity index (χ2n) is 0.712. The summed E-state index contributed by atoms with van der Waals surface area (Å²) in [5.41, 5.74) is 0. The normalized spacial score (nSPS) is 10.8. The molecule has 26 valence electrons. The summed E-state index contributed by atoms with van der Waals surface area (Å²) in [4.78, 5) is 4.74. The molecule has 1 aromatic rings. The van der Waals surface area contributed by atoms with Gasteiger partial charge in [-0.05, 0) is 0 Å². The second kappa shape index (κ2) is 0.885. The number of hydrogen-bond donors (Lipinski definition) is 1. The molecule has 0 fully saturated rings. The van der Waals surface area contributed by atoms with Gasteiger partial charge in [-0.15, -0.1) is 0 Å². The highest BCUT2D eigenvalue weighted by atomic mass is 14.8. The summed E-state index contributed by atoms with van der Waals surface area (Å²) in [5.74, 6) is 0. The molecule has 1 heterocycles. The van der Waals surface area contributed by atoms with Crippen molar-refractivity contribution in [3.05, 3.63) is 18.7 Å². The average molecular weight is 69.1 g/mol. The molecule has 1 N–H and O–H groups in total. The number of aromatic amines is 1. The molecule has 0 radical (unpaired) electrons. The van der Waals surface area contributed by atoms with Crippen molar-refractivity contribution in [1.29, 1.82) is 0 Å². The van der Waals surface area contributed by atoms with Crippen LogP contribution in [-0.2, 0) is 0 Å². The summed E-state index contributed by atoms with van der Waals surface area (Å²) in [6.07, 6.45) is 4.53. The minimum atomic E-state index is 1.14. The molecule has 0 saturated carbocycles. The summed E-state index contributed by atoms with van der Waals surface area (Å²) >= 11 is 0. The first-order chi connectivity index (χ1) is 2.89. The van der Waals surface area contributed by atoms with E-state index in [4.69, 9.17) is 1.41 Å². The van der Waals surface area contributed by atoms with E-state index in [0.717, 1.165) is 4.98 Å². The van der Waals surface area contributed by atoms with Crippen LogP contribution in [0.1, 0.15) is 0 Å². The molecule has 0 aromatic carbocycles. The van der Waals surface area contributed by atoms with Crippen LogP contribution in [-0.4, -0.2) is 9.96 Å². The maximum Gasteiger partial charge on any atom is 0.167 e. The largest absolute Gasteiger partial charge is 0.351 e. The van der Waals surface area contributed by atoms with Crippen LogP contribution in [0.4, 0.5) is 0 Å². The van der Waals surface area contributed by atoms with Gasteiger partial charge in [0.2, 0.25) is 0 Å². The monoisotopic (exact) mass is 69.0 g/mol. The van der Waals surface area contributed by atoms with Gasteiger partial charge in [0, 0.05) is 12.4 Å². The number of nitrogens with zero attached hydrogens (tertiary/aromatic N) is 1. The summed E-state index contributed by atoms with van der Waals surface area (Å²) in [5, 5.41) is 0. The van der Waals surface area contributed by atoms with Crippen molar-refractivity contribution in [3.63, 3.8) is 0 Å². The van der Waals surface area contributed by atoms with Crippen molar-refractivity contribution < 1.29 is 1.41 Å². The molecular formula is C3H4N2. The van der Waals surface area contributed by atoms with E-state index in [1.807, 2.05) is 0 Å². The van der Waals surface area contributed by atoms with Gasteiger partial charge in [-0.2, -0.15) is 0 Å². The van der Waals surface area contributed by atoms with Gasteiger partial charge in [0.05, 0.1) is 6.33 Å². The Bertz CT molecular complexity index is 112. The van der Waals surface area contributed by atoms with Crippen molar-refractivity contribution in [2.45, 2.75) is 0 Å². The first-order valence-electron chi connectivity index (χ1n) is 1.81. The Kier molecular flexibility index (Phi) is 0.283. The maximum atomic E-state index is 6.73. The Morgan fingerprint density at radius 2 is 3.00 bits per heavy atom. The Labute approximate surface area is 31.3 Å². The lowest BCUT2D eigenvalue weighted by Crippen LogP contribution is -1.44. The van der Waals surface area contributed by atoms with Gasteiger partial charge in [0.25, 0.3) is 0 Å². The number of H-pyrrole nitrogens is 1. The van der Waals surface area contributed by atoms with E-state index in [-0.39, 0.29) is 0 Å². The fourth-order valence-corrected chi connectivity index (χ4v) is 0.192. The quantitative estimate of drug-likeness (QED) is 0.469. The molecular weight excluding hydrogens is 64.0 g/mol. The molecule has 0 unspecified atom stereocenters. The van der Waals surface area contributed by atoms with Gasteiger partial charge >= 0.3 is 0 Å². The Hall–Kier alpha value is -0.790. The highest BCUT2D eigenvalue weighted by Gasteiger charge is 1.56. The molecule has 0 atom stereocenters. The van der Waals surface area contributed by atoms with Crippen LogP contribution < -0.4 is 0 Å². The van der Waals surface area contributed by atoms with E-state index in [1.165, 1.54) is 6.33 Å². The minimum absolute atomic E-state index is 1.14. The van der Waals surface area contributed by atoms with Gasteiger partial charge in [-0.3, -0.25) is 0 Å². The van der Waals surface area contributed by atoms with Gasteiger partial charge < -0.3 is 4.98 Å². The van der Waals surface area contributed by atoms with E-state index >= 15 is 0 Å². The lowest BCUT2D eigenvalue weighted by molar-refractivity contribution is 1.31. The van der Waals surface area contributed by atoms with Crippen molar-refractivity contribution >= 4 is 0 Å². The lowest BCUT2D eigenvalue weighted by atomic mass is 11.0. The van der Waals surface area contributed by atoms with Crippen molar-refractivity contribution in [3.8, 4) is 0 Å². The number of aromatic nitrogens is 2. The molecule has 1 rings (SSSR count). The van der Waals surface area contributed by atoms with E-state index in [9.17, 15) is 0 Å². The zero-order chi connectivity index (χ0) is 4.41. The predicted octanol–water partition coefficient (Wildman–Crippen LogP) is 0.410. The Morgan fingerprint density at radius 1 is 2.00 bits per heavy atom. The molecule has 0 bridgehead atoms. The van der Waals surface area contributed by atoms with Gasteiger partial charge in [0.15, 0.2) is 1.41 Å². The fraction of sp³-hybridized carbons (Fsp3) is 0. The third-order valence-corrected chi connectivity index (χ3v) is 0.372. The zero-order valence-corrected chi connectivity index (χ0v) is 2.63. The van der Waals surface area contributed by atoms with Gasteiger partial charge in [-0.25, -0.2) is 4.98 Å². The summed E-state index contributed by atoms with van der Waals surface area (Å²) in [7, 11) is 0. The fourth-order valence-electron chi connectivity index (χ4n) is 0.192. The molecule has 0 saturated heterocycles. The molecule has 0 aliphatic carbocycles. The van der Waals surface area contributed by atoms with Crippen molar-refractivity contribution in [2.24, 2.45) is 0 Å². The predicted molar refractivity (Wildman–Crippen MR) is 18.6 cm³/mol. The summed E-state index contributed by atoms with van der Waals surface area (Å²) in [6, 6.07) is 0. The Morgan fingerprint density at radius 3 is 3.20 bits per heavy atom. The van der Waals surface area contributed by atoms with Crippen LogP contribution in [0.3, 0.4) is 0 Å². The molecule has 2 nitrogen and oxygen atoms in total. The number of nitrogens with one attached hydrogen (secondary N) is 1. The minimum Gasteiger partial charge on any atom is -0.351 e. The average Bonchev–Trinajstić information content (AvgIpc) is 1.86. The smallest absolute Gasteiger partial charge is 0.167 e. The van der Waals surface area contributed by atoms with E-state index in [2.05, 4.69) is 4.98 Å². The molecule has 5 heavy (non-hydrogen) atoms. The van der Waals surface area contributed by atoms with Crippen molar-refractivity contribution in [1.82, 2.24) is 9.96 Å². The summed E-state index contributed by atoms with van der Waals surface area (Å²) in [6.45, 7) is 0. The third kappa shape index (κ3) is 0.265. The van der Waals surface area contributed by atoms with Crippen LogP contribution in [0.5, 0.6) is 0 Å². The summed E-state index contributed by atoms with van der Waals surface area (Å²) < 4.78 is 6.73. The van der Waals surface area contributed by atoms with Crippen LogP contribution in [0.2, 0.25) is 1.41 Å². The Balaban J connectivity index is 3.05.